The van der Waals surface area contributed by atoms with E-state index in [9.17, 15) is 9.59 Å². The van der Waals surface area contributed by atoms with Crippen molar-refractivity contribution in [3.63, 3.8) is 0 Å². The Morgan fingerprint density at radius 2 is 1.73 bits per heavy atom. The Kier molecular flexibility index (Phi) is 8.63. The molecule has 0 aromatic heterocycles. The molecule has 1 N–H and O–H groups in total. The van der Waals surface area contributed by atoms with Crippen molar-refractivity contribution < 1.29 is 24.1 Å². The molecule has 0 aliphatic carbocycles. The van der Waals surface area contributed by atoms with Crippen molar-refractivity contribution in [1.29, 1.82) is 0 Å². The summed E-state index contributed by atoms with van der Waals surface area (Å²) in [5.41, 5.74) is -1.23. The minimum absolute atomic E-state index is 0.273. The number of esters is 1. The van der Waals surface area contributed by atoms with E-state index >= 15 is 0 Å². The molecule has 0 rings (SSSR count). The van der Waals surface area contributed by atoms with Crippen molar-refractivity contribution in [2.24, 2.45) is 0 Å². The van der Waals surface area contributed by atoms with E-state index in [0.29, 0.717) is 13.0 Å². The van der Waals surface area contributed by atoms with Gasteiger partial charge in [0.1, 0.15) is 5.60 Å². The third-order valence-electron chi connectivity index (χ3n) is 2.61. The van der Waals surface area contributed by atoms with E-state index < -0.39 is 23.1 Å². The zero-order chi connectivity index (χ0) is 17.4. The number of hydrogen-bond donors (Lipinski definition) is 1. The fourth-order valence-corrected chi connectivity index (χ4v) is 1.74. The molecule has 0 aromatic carbocycles. The maximum absolute atomic E-state index is 11.7. The minimum atomic E-state index is -0.870. The Morgan fingerprint density at radius 1 is 1.14 bits per heavy atom. The fourth-order valence-electron chi connectivity index (χ4n) is 1.74. The van der Waals surface area contributed by atoms with E-state index in [1.165, 1.54) is 0 Å². The second-order valence-electron chi connectivity index (χ2n) is 7.07. The number of amides is 1. The fraction of sp³-hybridized carbons (Fsp3) is 0.875. The van der Waals surface area contributed by atoms with Gasteiger partial charge >= 0.3 is 11.9 Å². The van der Waals surface area contributed by atoms with Crippen LogP contribution in [0.5, 0.6) is 0 Å². The molecule has 1 unspecified atom stereocenters. The summed E-state index contributed by atoms with van der Waals surface area (Å²) in [6.07, 6.45) is 1.92. The summed E-state index contributed by atoms with van der Waals surface area (Å²) in [6, 6.07) is 0. The van der Waals surface area contributed by atoms with Gasteiger partial charge in [-0.25, -0.2) is 14.6 Å². The van der Waals surface area contributed by atoms with Crippen LogP contribution in [0.4, 0.5) is 0 Å². The summed E-state index contributed by atoms with van der Waals surface area (Å²) < 4.78 is 5.25. The van der Waals surface area contributed by atoms with Crippen LogP contribution in [-0.2, 0) is 24.1 Å². The first-order chi connectivity index (χ1) is 9.97. The van der Waals surface area contributed by atoms with E-state index in [1.54, 1.807) is 13.8 Å². The highest BCUT2D eigenvalue weighted by Crippen LogP contribution is 2.20. The molecule has 1 amide bonds. The molecule has 0 bridgehead atoms. The third-order valence-corrected chi connectivity index (χ3v) is 2.61. The monoisotopic (exact) mass is 317 g/mol. The van der Waals surface area contributed by atoms with Gasteiger partial charge in [0, 0.05) is 13.0 Å². The van der Waals surface area contributed by atoms with Gasteiger partial charge in [-0.1, -0.05) is 13.3 Å². The van der Waals surface area contributed by atoms with Gasteiger partial charge < -0.3 is 10.1 Å². The standard InChI is InChI=1S/C16H31NO5/c1-8-9-10-17-13(18)14(19)20-16(6,7)11-12(2)21-22-15(3,4)5/h12H,8-11H2,1-7H3,(H,17,18). The number of carbonyl (C=O) groups excluding carboxylic acids is 2. The minimum Gasteiger partial charge on any atom is -0.452 e. The second-order valence-corrected chi connectivity index (χ2v) is 7.07. The number of nitrogens with one attached hydrogen (secondary N) is 1. The van der Waals surface area contributed by atoms with Crippen molar-refractivity contribution in [2.45, 2.75) is 85.0 Å². The molecule has 0 radical (unpaired) electrons. The zero-order valence-corrected chi connectivity index (χ0v) is 14.9. The van der Waals surface area contributed by atoms with E-state index in [1.807, 2.05) is 34.6 Å². The summed E-state index contributed by atoms with van der Waals surface area (Å²) in [5, 5.41) is 2.53. The Hall–Kier alpha value is -1.14. The predicted octanol–water partition coefficient (Wildman–Crippen LogP) is 2.75. The maximum Gasteiger partial charge on any atom is 0.397 e. The first-order valence-corrected chi connectivity index (χ1v) is 7.82. The van der Waals surface area contributed by atoms with Crippen LogP contribution in [0.15, 0.2) is 0 Å². The molecule has 0 aliphatic rings. The zero-order valence-electron chi connectivity index (χ0n) is 14.9. The highest BCUT2D eigenvalue weighted by atomic mass is 17.2. The van der Waals surface area contributed by atoms with Crippen molar-refractivity contribution in [3.8, 4) is 0 Å². The second kappa shape index (κ2) is 9.10. The van der Waals surface area contributed by atoms with Gasteiger partial charge in [-0.2, -0.15) is 0 Å². The van der Waals surface area contributed by atoms with E-state index in [2.05, 4.69) is 5.32 Å². The number of unbranched alkanes of at least 4 members (excludes halogenated alkanes) is 1. The summed E-state index contributed by atoms with van der Waals surface area (Å²) >= 11 is 0. The molecule has 6 heteroatoms. The van der Waals surface area contributed by atoms with Crippen LogP contribution in [-0.4, -0.2) is 35.7 Å². The van der Waals surface area contributed by atoms with Crippen LogP contribution >= 0.6 is 0 Å². The molecule has 1 atom stereocenters. The molecule has 130 valence electrons. The molecule has 0 aliphatic heterocycles. The Morgan fingerprint density at radius 3 is 2.23 bits per heavy atom. The van der Waals surface area contributed by atoms with Gasteiger partial charge in [0.25, 0.3) is 0 Å². The van der Waals surface area contributed by atoms with Gasteiger partial charge in [-0.3, -0.25) is 4.79 Å². The van der Waals surface area contributed by atoms with Crippen LogP contribution < -0.4 is 5.32 Å². The lowest BCUT2D eigenvalue weighted by Gasteiger charge is -2.28. The highest BCUT2D eigenvalue weighted by molar-refractivity contribution is 6.32. The largest absolute Gasteiger partial charge is 0.452 e. The molecule has 0 aromatic rings. The smallest absolute Gasteiger partial charge is 0.397 e. The lowest BCUT2D eigenvalue weighted by molar-refractivity contribution is -0.373. The molecule has 0 spiro atoms. The Balaban J connectivity index is 4.26. The number of ether oxygens (including phenoxy) is 1. The molecule has 0 saturated carbocycles. The topological polar surface area (TPSA) is 73.9 Å². The van der Waals surface area contributed by atoms with Crippen molar-refractivity contribution in [2.75, 3.05) is 6.54 Å². The molecule has 22 heavy (non-hydrogen) atoms. The average Bonchev–Trinajstić information content (AvgIpc) is 2.34. The van der Waals surface area contributed by atoms with Crippen molar-refractivity contribution in [3.05, 3.63) is 0 Å². The molecule has 0 fully saturated rings. The van der Waals surface area contributed by atoms with E-state index in [0.717, 1.165) is 12.8 Å². The quantitative estimate of drug-likeness (QED) is 0.245. The van der Waals surface area contributed by atoms with Gasteiger partial charge in [-0.15, -0.1) is 0 Å². The molecule has 0 saturated heterocycles. The predicted molar refractivity (Wildman–Crippen MR) is 84.1 cm³/mol. The maximum atomic E-state index is 11.7. The van der Waals surface area contributed by atoms with Crippen LogP contribution in [0.3, 0.4) is 0 Å². The normalized spacial score (nSPS) is 13.6. The molecular formula is C16H31NO5. The highest BCUT2D eigenvalue weighted by Gasteiger charge is 2.30. The summed E-state index contributed by atoms with van der Waals surface area (Å²) in [7, 11) is 0. The van der Waals surface area contributed by atoms with Gasteiger partial charge in [0.05, 0.1) is 11.7 Å². The third kappa shape index (κ3) is 10.6. The summed E-state index contributed by atoms with van der Waals surface area (Å²) in [6.45, 7) is 13.4. The van der Waals surface area contributed by atoms with Gasteiger partial charge in [0.2, 0.25) is 0 Å². The Labute approximate surface area is 133 Å². The Bertz CT molecular complexity index is 360. The number of carbonyl (C=O) groups is 2. The number of hydrogen-bond acceptors (Lipinski definition) is 5. The lowest BCUT2D eigenvalue weighted by atomic mass is 10.0. The van der Waals surface area contributed by atoms with Crippen LogP contribution in [0, 0.1) is 0 Å². The first-order valence-electron chi connectivity index (χ1n) is 7.82. The van der Waals surface area contributed by atoms with Gasteiger partial charge in [-0.05, 0) is 48.0 Å². The molecular weight excluding hydrogens is 286 g/mol. The molecule has 6 nitrogen and oxygen atoms in total. The first kappa shape index (κ1) is 20.9. The summed E-state index contributed by atoms with van der Waals surface area (Å²) in [4.78, 5) is 33.8. The van der Waals surface area contributed by atoms with E-state index in [4.69, 9.17) is 14.5 Å². The van der Waals surface area contributed by atoms with Gasteiger partial charge in [0.15, 0.2) is 0 Å². The van der Waals surface area contributed by atoms with Crippen LogP contribution in [0.25, 0.3) is 0 Å². The van der Waals surface area contributed by atoms with Crippen molar-refractivity contribution >= 4 is 11.9 Å². The SMILES string of the molecule is CCCCNC(=O)C(=O)OC(C)(C)CC(C)OOC(C)(C)C. The summed E-state index contributed by atoms with van der Waals surface area (Å²) in [5.74, 6) is -1.58. The number of rotatable bonds is 8. The van der Waals surface area contributed by atoms with Crippen molar-refractivity contribution in [1.82, 2.24) is 5.32 Å². The molecule has 0 heterocycles. The van der Waals surface area contributed by atoms with Crippen LogP contribution in [0.2, 0.25) is 0 Å². The lowest BCUT2D eigenvalue weighted by Crippen LogP contribution is -2.40. The van der Waals surface area contributed by atoms with E-state index in [-0.39, 0.29) is 6.10 Å². The van der Waals surface area contributed by atoms with Crippen LogP contribution in [0.1, 0.15) is 67.7 Å². The average molecular weight is 317 g/mol.